The van der Waals surface area contributed by atoms with Gasteiger partial charge in [0, 0.05) is 42.9 Å². The molecule has 0 spiro atoms. The highest BCUT2D eigenvalue weighted by molar-refractivity contribution is 14.0. The van der Waals surface area contributed by atoms with E-state index in [4.69, 9.17) is 0 Å². The Morgan fingerprint density at radius 3 is 2.60 bits per heavy atom. The minimum Gasteiger partial charge on any atom is -0.453 e. The first-order chi connectivity index (χ1) is 11.4. The molecular weight excluding hydrogens is 451 g/mol. The fraction of sp³-hybridized carbons (Fsp3) is 0.529. The number of amides is 1. The summed E-state index contributed by atoms with van der Waals surface area (Å²) in [5.74, 6) is 2.04. The van der Waals surface area contributed by atoms with Crippen LogP contribution in [0.1, 0.15) is 19.4 Å². The zero-order valence-corrected chi connectivity index (χ0v) is 18.3. The lowest BCUT2D eigenvalue weighted by Crippen LogP contribution is -2.50. The highest BCUT2D eigenvalue weighted by atomic mass is 127. The van der Waals surface area contributed by atoms with Gasteiger partial charge >= 0.3 is 6.09 Å². The van der Waals surface area contributed by atoms with Crippen LogP contribution in [0.15, 0.2) is 29.3 Å². The molecule has 0 unspecified atom stereocenters. The molecule has 0 saturated carbocycles. The number of aliphatic imine (C=N–C) groups is 1. The molecule has 1 aromatic carbocycles. The number of hydrogen-bond acceptors (Lipinski definition) is 4. The van der Waals surface area contributed by atoms with Crippen molar-refractivity contribution in [2.45, 2.75) is 25.1 Å². The molecule has 1 heterocycles. The van der Waals surface area contributed by atoms with Gasteiger partial charge in [-0.2, -0.15) is 11.8 Å². The standard InChI is InChI=1S/C17H26N4O2S.HI/c1-17(2)12-21(9-10-24-17)15(18-3)19-11-13-5-7-14(8-6-13)20-16(22)23-4;/h5-8H,9-12H2,1-4H3,(H,18,19)(H,20,22);1H. The number of ether oxygens (including phenoxy) is 1. The number of methoxy groups -OCH3 is 1. The van der Waals surface area contributed by atoms with E-state index in [-0.39, 0.29) is 28.7 Å². The molecule has 0 aromatic heterocycles. The SMILES string of the molecule is CN=C(NCc1ccc(NC(=O)OC)cc1)N1CCSC(C)(C)C1.I. The average molecular weight is 478 g/mol. The second-order valence-corrected chi connectivity index (χ2v) is 8.05. The minimum absolute atomic E-state index is 0. The zero-order chi connectivity index (χ0) is 17.6. The number of thioether (sulfide) groups is 1. The Balaban J connectivity index is 0.00000312. The maximum absolute atomic E-state index is 11.2. The van der Waals surface area contributed by atoms with E-state index in [0.29, 0.717) is 12.2 Å². The Morgan fingerprint density at radius 1 is 1.36 bits per heavy atom. The van der Waals surface area contributed by atoms with Crippen LogP contribution in [0, 0.1) is 0 Å². The van der Waals surface area contributed by atoms with Crippen molar-refractivity contribution in [2.24, 2.45) is 4.99 Å². The van der Waals surface area contributed by atoms with E-state index in [1.54, 1.807) is 0 Å². The molecule has 6 nitrogen and oxygen atoms in total. The zero-order valence-electron chi connectivity index (χ0n) is 15.2. The number of carbonyl (C=O) groups excluding carboxylic acids is 1. The van der Waals surface area contributed by atoms with Gasteiger partial charge in [0.05, 0.1) is 7.11 Å². The van der Waals surface area contributed by atoms with Crippen LogP contribution < -0.4 is 10.6 Å². The smallest absolute Gasteiger partial charge is 0.411 e. The molecule has 8 heteroatoms. The molecule has 0 atom stereocenters. The second-order valence-electron chi connectivity index (χ2n) is 6.24. The van der Waals surface area contributed by atoms with Gasteiger partial charge in [-0.1, -0.05) is 12.1 Å². The van der Waals surface area contributed by atoms with Gasteiger partial charge in [0.1, 0.15) is 0 Å². The van der Waals surface area contributed by atoms with Gasteiger partial charge < -0.3 is 15.0 Å². The molecule has 0 aliphatic carbocycles. The molecule has 0 bridgehead atoms. The Labute approximate surface area is 171 Å². The van der Waals surface area contributed by atoms with Crippen LogP contribution in [0.4, 0.5) is 10.5 Å². The molecule has 1 aliphatic rings. The maximum Gasteiger partial charge on any atom is 0.411 e. The van der Waals surface area contributed by atoms with E-state index >= 15 is 0 Å². The highest BCUT2D eigenvalue weighted by Gasteiger charge is 2.28. The normalized spacial score (nSPS) is 16.6. The topological polar surface area (TPSA) is 66.0 Å². The van der Waals surface area contributed by atoms with E-state index in [2.05, 4.69) is 39.1 Å². The van der Waals surface area contributed by atoms with Crippen LogP contribution in [0.25, 0.3) is 0 Å². The molecule has 0 radical (unpaired) electrons. The average Bonchev–Trinajstić information content (AvgIpc) is 2.56. The third-order valence-corrected chi connectivity index (χ3v) is 5.07. The monoisotopic (exact) mass is 478 g/mol. The van der Waals surface area contributed by atoms with Gasteiger partial charge in [-0.25, -0.2) is 4.79 Å². The van der Waals surface area contributed by atoms with Crippen molar-refractivity contribution in [1.29, 1.82) is 0 Å². The second kappa shape index (κ2) is 10.1. The van der Waals surface area contributed by atoms with Crippen LogP contribution in [-0.2, 0) is 11.3 Å². The first-order valence-corrected chi connectivity index (χ1v) is 8.95. The largest absolute Gasteiger partial charge is 0.453 e. The number of hydrogen-bond donors (Lipinski definition) is 2. The summed E-state index contributed by atoms with van der Waals surface area (Å²) < 4.78 is 4.82. The molecular formula is C17H27IN4O2S. The number of guanidine groups is 1. The van der Waals surface area contributed by atoms with Crippen LogP contribution in [0.5, 0.6) is 0 Å². The molecule has 1 aliphatic heterocycles. The molecule has 1 saturated heterocycles. The summed E-state index contributed by atoms with van der Waals surface area (Å²) in [5.41, 5.74) is 1.84. The summed E-state index contributed by atoms with van der Waals surface area (Å²) in [6, 6.07) is 7.66. The van der Waals surface area contributed by atoms with Gasteiger partial charge in [-0.05, 0) is 31.5 Å². The molecule has 1 amide bonds. The Hall–Kier alpha value is -1.16. The molecule has 1 aromatic rings. The molecule has 2 rings (SSSR count). The number of halogens is 1. The van der Waals surface area contributed by atoms with Gasteiger partial charge in [-0.3, -0.25) is 10.3 Å². The lowest BCUT2D eigenvalue weighted by Gasteiger charge is -2.39. The summed E-state index contributed by atoms with van der Waals surface area (Å²) in [7, 11) is 3.17. The van der Waals surface area contributed by atoms with Crippen molar-refractivity contribution in [2.75, 3.05) is 38.3 Å². The van der Waals surface area contributed by atoms with E-state index in [9.17, 15) is 4.79 Å². The fourth-order valence-corrected chi connectivity index (χ4v) is 3.70. The summed E-state index contributed by atoms with van der Waals surface area (Å²) in [6.45, 7) is 7.22. The predicted molar refractivity (Wildman–Crippen MR) is 116 cm³/mol. The molecule has 1 fully saturated rings. The van der Waals surface area contributed by atoms with Gasteiger partial charge in [-0.15, -0.1) is 24.0 Å². The first kappa shape index (κ1) is 21.9. The number of rotatable bonds is 3. The number of anilines is 1. The van der Waals surface area contributed by atoms with Crippen LogP contribution >= 0.6 is 35.7 Å². The summed E-state index contributed by atoms with van der Waals surface area (Å²) >= 11 is 2.01. The van der Waals surface area contributed by atoms with Crippen molar-refractivity contribution in [3.05, 3.63) is 29.8 Å². The fourth-order valence-electron chi connectivity index (χ4n) is 2.59. The number of benzene rings is 1. The molecule has 2 N–H and O–H groups in total. The van der Waals surface area contributed by atoms with E-state index in [0.717, 1.165) is 30.4 Å². The number of nitrogens with zero attached hydrogens (tertiary/aromatic N) is 2. The number of carbonyl (C=O) groups is 1. The van der Waals surface area contributed by atoms with E-state index in [1.165, 1.54) is 7.11 Å². The van der Waals surface area contributed by atoms with Gasteiger partial charge in [0.25, 0.3) is 0 Å². The summed E-state index contributed by atoms with van der Waals surface area (Å²) in [5, 5.41) is 6.06. The van der Waals surface area contributed by atoms with Crippen LogP contribution in [0.3, 0.4) is 0 Å². The Morgan fingerprint density at radius 2 is 2.04 bits per heavy atom. The van der Waals surface area contributed by atoms with Crippen LogP contribution in [-0.4, -0.2) is 54.7 Å². The highest BCUT2D eigenvalue weighted by Crippen LogP contribution is 2.29. The Bertz CT molecular complexity index is 593. The quantitative estimate of drug-likeness (QED) is 0.396. The third-order valence-electron chi connectivity index (χ3n) is 3.77. The van der Waals surface area contributed by atoms with Crippen LogP contribution in [0.2, 0.25) is 0 Å². The molecule has 25 heavy (non-hydrogen) atoms. The maximum atomic E-state index is 11.2. The molecule has 140 valence electrons. The van der Waals surface area contributed by atoms with Crippen molar-refractivity contribution in [1.82, 2.24) is 10.2 Å². The van der Waals surface area contributed by atoms with Gasteiger partial charge in [0.15, 0.2) is 5.96 Å². The third kappa shape index (κ3) is 6.93. The first-order valence-electron chi connectivity index (χ1n) is 7.97. The lowest BCUT2D eigenvalue weighted by molar-refractivity contribution is 0.187. The van der Waals surface area contributed by atoms with Crippen molar-refractivity contribution < 1.29 is 9.53 Å². The predicted octanol–water partition coefficient (Wildman–Crippen LogP) is 3.39. The van der Waals surface area contributed by atoms with Gasteiger partial charge in [0.2, 0.25) is 0 Å². The van der Waals surface area contributed by atoms with E-state index < -0.39 is 6.09 Å². The minimum atomic E-state index is -0.466. The van der Waals surface area contributed by atoms with Crippen molar-refractivity contribution in [3.63, 3.8) is 0 Å². The summed E-state index contributed by atoms with van der Waals surface area (Å²) in [4.78, 5) is 17.9. The van der Waals surface area contributed by atoms with Crippen molar-refractivity contribution in [3.8, 4) is 0 Å². The summed E-state index contributed by atoms with van der Waals surface area (Å²) in [6.07, 6.45) is -0.466. The number of nitrogens with one attached hydrogen (secondary N) is 2. The Kier molecular flexibility index (Phi) is 8.84. The van der Waals surface area contributed by atoms with E-state index in [1.807, 2.05) is 43.1 Å². The van der Waals surface area contributed by atoms with Crippen molar-refractivity contribution >= 4 is 53.5 Å². The lowest BCUT2D eigenvalue weighted by atomic mass is 10.2.